The summed E-state index contributed by atoms with van der Waals surface area (Å²) in [7, 11) is 0. The molecule has 1 atom stereocenters. The molecule has 102 valence electrons. The fourth-order valence-electron chi connectivity index (χ4n) is 1.50. The Bertz CT molecular complexity index is 182. The van der Waals surface area contributed by atoms with Crippen LogP contribution >= 0.6 is 0 Å². The number of carboxylic acid groups (broad SMARTS) is 1. The van der Waals surface area contributed by atoms with Crippen LogP contribution in [0.1, 0.15) is 52.4 Å². The van der Waals surface area contributed by atoms with Gasteiger partial charge in [-0.2, -0.15) is 0 Å². The maximum atomic E-state index is 10.0. The monoisotopic (exact) mass is 246 g/mol. The smallest absolute Gasteiger partial charge is 0.450 e. The van der Waals surface area contributed by atoms with Crippen molar-refractivity contribution >= 4 is 6.16 Å². The van der Waals surface area contributed by atoms with Gasteiger partial charge < -0.3 is 14.6 Å². The molecule has 0 aromatic heterocycles. The number of unbranched alkanes of at least 4 members (excludes halogenated alkanes) is 2. The molecular weight excluding hydrogens is 220 g/mol. The molecule has 0 aromatic rings. The molecular formula is C13H26O4. The number of ether oxygens (including phenoxy) is 2. The van der Waals surface area contributed by atoms with E-state index >= 15 is 0 Å². The molecule has 0 aliphatic carbocycles. The summed E-state index contributed by atoms with van der Waals surface area (Å²) in [6.07, 6.45) is 5.59. The van der Waals surface area contributed by atoms with Crippen molar-refractivity contribution in [1.82, 2.24) is 0 Å². The van der Waals surface area contributed by atoms with E-state index in [2.05, 4.69) is 18.6 Å². The maximum absolute atomic E-state index is 10.0. The topological polar surface area (TPSA) is 55.8 Å². The molecule has 0 aliphatic rings. The molecule has 1 N–H and O–H groups in total. The van der Waals surface area contributed by atoms with E-state index in [1.54, 1.807) is 0 Å². The third kappa shape index (κ3) is 13.2. The Morgan fingerprint density at radius 2 is 1.82 bits per heavy atom. The van der Waals surface area contributed by atoms with Gasteiger partial charge in [-0.15, -0.1) is 0 Å². The Labute approximate surface area is 104 Å². The van der Waals surface area contributed by atoms with E-state index < -0.39 is 6.16 Å². The quantitative estimate of drug-likeness (QED) is 0.446. The third-order valence-corrected chi connectivity index (χ3v) is 2.84. The number of rotatable bonds is 11. The highest BCUT2D eigenvalue weighted by Gasteiger charge is 1.98. The van der Waals surface area contributed by atoms with Gasteiger partial charge in [0.15, 0.2) is 0 Å². The Morgan fingerprint density at radius 3 is 2.47 bits per heavy atom. The van der Waals surface area contributed by atoms with E-state index in [0.29, 0.717) is 13.0 Å². The first-order chi connectivity index (χ1) is 8.16. The molecule has 0 saturated carbocycles. The number of carbonyl (C=O) groups is 1. The zero-order valence-electron chi connectivity index (χ0n) is 11.1. The molecule has 0 heterocycles. The zero-order valence-corrected chi connectivity index (χ0v) is 11.1. The molecule has 0 radical (unpaired) electrons. The molecule has 0 aromatic carbocycles. The van der Waals surface area contributed by atoms with E-state index in [9.17, 15) is 4.79 Å². The van der Waals surface area contributed by atoms with E-state index in [1.165, 1.54) is 25.7 Å². The van der Waals surface area contributed by atoms with E-state index in [0.717, 1.165) is 18.9 Å². The van der Waals surface area contributed by atoms with Crippen LogP contribution in [0.25, 0.3) is 0 Å². The Kier molecular flexibility index (Phi) is 11.2. The van der Waals surface area contributed by atoms with Gasteiger partial charge in [-0.25, -0.2) is 4.79 Å². The molecule has 0 fully saturated rings. The average molecular weight is 246 g/mol. The van der Waals surface area contributed by atoms with Crippen molar-refractivity contribution in [3.05, 3.63) is 0 Å². The van der Waals surface area contributed by atoms with E-state index in [4.69, 9.17) is 9.84 Å². The normalized spacial score (nSPS) is 12.4. The molecule has 1 unspecified atom stereocenters. The van der Waals surface area contributed by atoms with Gasteiger partial charge in [-0.1, -0.05) is 39.5 Å². The fraction of sp³-hybridized carbons (Fsp3) is 0.923. The fourth-order valence-corrected chi connectivity index (χ4v) is 1.50. The highest BCUT2D eigenvalue weighted by atomic mass is 16.7. The summed E-state index contributed by atoms with van der Waals surface area (Å²) in [5, 5.41) is 8.22. The molecule has 0 aliphatic heterocycles. The minimum absolute atomic E-state index is 0.226. The first kappa shape index (κ1) is 16.2. The largest absolute Gasteiger partial charge is 0.505 e. The van der Waals surface area contributed by atoms with Crippen LogP contribution in [0.5, 0.6) is 0 Å². The van der Waals surface area contributed by atoms with Crippen LogP contribution in [-0.2, 0) is 9.47 Å². The Hall–Kier alpha value is -0.770. The number of hydrogen-bond donors (Lipinski definition) is 1. The van der Waals surface area contributed by atoms with Crippen molar-refractivity contribution in [3.8, 4) is 0 Å². The van der Waals surface area contributed by atoms with Crippen molar-refractivity contribution in [2.75, 3.05) is 19.8 Å². The lowest BCUT2D eigenvalue weighted by Gasteiger charge is -2.07. The Morgan fingerprint density at radius 1 is 1.12 bits per heavy atom. The van der Waals surface area contributed by atoms with Gasteiger partial charge in [-0.3, -0.25) is 0 Å². The first-order valence-electron chi connectivity index (χ1n) is 6.60. The molecule has 4 heteroatoms. The summed E-state index contributed by atoms with van der Waals surface area (Å²) in [6, 6.07) is 0. The van der Waals surface area contributed by atoms with Crippen molar-refractivity contribution in [3.63, 3.8) is 0 Å². The maximum Gasteiger partial charge on any atom is 0.505 e. The molecule has 4 nitrogen and oxygen atoms in total. The van der Waals surface area contributed by atoms with Crippen molar-refractivity contribution in [1.29, 1.82) is 0 Å². The average Bonchev–Trinajstić information content (AvgIpc) is 2.30. The van der Waals surface area contributed by atoms with Crippen LogP contribution in [0, 0.1) is 5.92 Å². The van der Waals surface area contributed by atoms with Crippen molar-refractivity contribution in [2.24, 2.45) is 5.92 Å². The zero-order chi connectivity index (χ0) is 12.9. The van der Waals surface area contributed by atoms with Gasteiger partial charge in [0.1, 0.15) is 0 Å². The van der Waals surface area contributed by atoms with Crippen LogP contribution in [0.2, 0.25) is 0 Å². The van der Waals surface area contributed by atoms with Crippen LogP contribution in [0.4, 0.5) is 4.79 Å². The number of hydrogen-bond acceptors (Lipinski definition) is 3. The van der Waals surface area contributed by atoms with Gasteiger partial charge in [0, 0.05) is 19.6 Å². The third-order valence-electron chi connectivity index (χ3n) is 2.84. The van der Waals surface area contributed by atoms with Crippen molar-refractivity contribution in [2.45, 2.75) is 52.4 Å². The van der Waals surface area contributed by atoms with Crippen LogP contribution < -0.4 is 0 Å². The highest BCUT2D eigenvalue weighted by molar-refractivity contribution is 5.56. The van der Waals surface area contributed by atoms with Gasteiger partial charge in [0.2, 0.25) is 0 Å². The summed E-state index contributed by atoms with van der Waals surface area (Å²) < 4.78 is 9.74. The summed E-state index contributed by atoms with van der Waals surface area (Å²) in [4.78, 5) is 10.0. The molecule has 0 saturated heterocycles. The molecule has 17 heavy (non-hydrogen) atoms. The molecule has 0 bridgehead atoms. The van der Waals surface area contributed by atoms with Crippen molar-refractivity contribution < 1.29 is 19.4 Å². The first-order valence-corrected chi connectivity index (χ1v) is 6.60. The highest BCUT2D eigenvalue weighted by Crippen LogP contribution is 2.11. The summed E-state index contributed by atoms with van der Waals surface area (Å²) >= 11 is 0. The minimum atomic E-state index is -1.21. The van der Waals surface area contributed by atoms with Gasteiger partial charge in [0.25, 0.3) is 0 Å². The second-order valence-electron chi connectivity index (χ2n) is 4.44. The predicted molar refractivity (Wildman–Crippen MR) is 67.3 cm³/mol. The van der Waals surface area contributed by atoms with Gasteiger partial charge in [-0.05, 0) is 12.3 Å². The lowest BCUT2D eigenvalue weighted by molar-refractivity contribution is 0.0716. The summed E-state index contributed by atoms with van der Waals surface area (Å²) in [5.41, 5.74) is 0. The molecule has 0 rings (SSSR count). The predicted octanol–water partition coefficient (Wildman–Crippen LogP) is 3.69. The minimum Gasteiger partial charge on any atom is -0.450 e. The summed E-state index contributed by atoms with van der Waals surface area (Å²) in [5.74, 6) is 0.837. The van der Waals surface area contributed by atoms with Gasteiger partial charge in [0.05, 0.1) is 6.61 Å². The SMILES string of the molecule is CCC(C)CCCCCOCCCOC(=O)O. The lowest BCUT2D eigenvalue weighted by atomic mass is 10.0. The van der Waals surface area contributed by atoms with Crippen LogP contribution in [-0.4, -0.2) is 31.1 Å². The standard InChI is InChI=1S/C13H26O4/c1-3-12(2)8-5-4-6-9-16-10-7-11-17-13(14)15/h12H,3-11H2,1-2H3,(H,14,15). The second kappa shape index (κ2) is 11.7. The van der Waals surface area contributed by atoms with E-state index in [-0.39, 0.29) is 6.61 Å². The summed E-state index contributed by atoms with van der Waals surface area (Å²) in [6.45, 7) is 6.10. The van der Waals surface area contributed by atoms with Crippen LogP contribution in [0.15, 0.2) is 0 Å². The van der Waals surface area contributed by atoms with Crippen LogP contribution in [0.3, 0.4) is 0 Å². The van der Waals surface area contributed by atoms with E-state index in [1.807, 2.05) is 0 Å². The molecule has 0 spiro atoms. The molecule has 0 amide bonds. The second-order valence-corrected chi connectivity index (χ2v) is 4.44. The Balaban J connectivity index is 3.01. The lowest BCUT2D eigenvalue weighted by Crippen LogP contribution is -2.05. The van der Waals surface area contributed by atoms with Gasteiger partial charge >= 0.3 is 6.16 Å².